The fourth-order valence-electron chi connectivity index (χ4n) is 1.87. The van der Waals surface area contributed by atoms with Gasteiger partial charge < -0.3 is 5.73 Å². The second-order valence-electron chi connectivity index (χ2n) is 4.89. The lowest BCUT2D eigenvalue weighted by molar-refractivity contribution is 0.242. The standard InChI is InChI=1S/C14H23N3/c1-12(2)10-17(9-8-14(15)16)11-13-6-4-3-5-7-13/h3-7,12H,8-11H2,1-2H3,(H3,15,16). The third kappa shape index (κ3) is 6.07. The highest BCUT2D eigenvalue weighted by atomic mass is 15.1. The molecule has 0 aliphatic heterocycles. The molecular formula is C14H23N3. The van der Waals surface area contributed by atoms with Crippen molar-refractivity contribution < 1.29 is 0 Å². The maximum atomic E-state index is 7.30. The Kier molecular flexibility index (Phi) is 5.70. The zero-order valence-electron chi connectivity index (χ0n) is 10.8. The zero-order valence-corrected chi connectivity index (χ0v) is 10.8. The zero-order chi connectivity index (χ0) is 12.7. The predicted molar refractivity (Wildman–Crippen MR) is 73.1 cm³/mol. The smallest absolute Gasteiger partial charge is 0.0918 e. The Morgan fingerprint density at radius 1 is 1.29 bits per heavy atom. The fraction of sp³-hybridized carbons (Fsp3) is 0.500. The summed E-state index contributed by atoms with van der Waals surface area (Å²) in [5, 5.41) is 7.30. The van der Waals surface area contributed by atoms with Crippen LogP contribution in [-0.2, 0) is 6.54 Å². The first-order chi connectivity index (χ1) is 8.08. The maximum Gasteiger partial charge on any atom is 0.0918 e. The molecule has 3 N–H and O–H groups in total. The topological polar surface area (TPSA) is 53.1 Å². The van der Waals surface area contributed by atoms with E-state index in [9.17, 15) is 0 Å². The Morgan fingerprint density at radius 3 is 2.47 bits per heavy atom. The van der Waals surface area contributed by atoms with Crippen molar-refractivity contribution in [2.45, 2.75) is 26.8 Å². The van der Waals surface area contributed by atoms with Gasteiger partial charge in [0.15, 0.2) is 0 Å². The normalized spacial score (nSPS) is 11.1. The molecule has 0 atom stereocenters. The van der Waals surface area contributed by atoms with Crippen LogP contribution < -0.4 is 5.73 Å². The van der Waals surface area contributed by atoms with Crippen LogP contribution in [0.1, 0.15) is 25.8 Å². The summed E-state index contributed by atoms with van der Waals surface area (Å²) in [5.41, 5.74) is 6.74. The lowest BCUT2D eigenvalue weighted by Gasteiger charge is -2.24. The van der Waals surface area contributed by atoms with Gasteiger partial charge in [0, 0.05) is 26.1 Å². The minimum atomic E-state index is 0.270. The molecule has 0 aliphatic carbocycles. The molecule has 0 bridgehead atoms. The molecule has 0 radical (unpaired) electrons. The van der Waals surface area contributed by atoms with Crippen LogP contribution in [0.2, 0.25) is 0 Å². The van der Waals surface area contributed by atoms with Crippen LogP contribution in [0.3, 0.4) is 0 Å². The van der Waals surface area contributed by atoms with Gasteiger partial charge in [0.1, 0.15) is 0 Å². The van der Waals surface area contributed by atoms with Gasteiger partial charge in [0.25, 0.3) is 0 Å². The molecule has 0 spiro atoms. The van der Waals surface area contributed by atoms with E-state index < -0.39 is 0 Å². The number of nitrogens with two attached hydrogens (primary N) is 1. The molecule has 0 aliphatic rings. The van der Waals surface area contributed by atoms with Crippen molar-refractivity contribution >= 4 is 5.84 Å². The highest BCUT2D eigenvalue weighted by Gasteiger charge is 2.08. The summed E-state index contributed by atoms with van der Waals surface area (Å²) < 4.78 is 0. The van der Waals surface area contributed by atoms with Crippen LogP contribution >= 0.6 is 0 Å². The van der Waals surface area contributed by atoms with Gasteiger partial charge >= 0.3 is 0 Å². The van der Waals surface area contributed by atoms with Crippen LogP contribution in [0.5, 0.6) is 0 Å². The SMILES string of the molecule is CC(C)CN(CCC(=N)N)Cc1ccccc1. The molecule has 94 valence electrons. The van der Waals surface area contributed by atoms with Gasteiger partial charge in [-0.1, -0.05) is 44.2 Å². The number of hydrogen-bond acceptors (Lipinski definition) is 2. The van der Waals surface area contributed by atoms with Crippen LogP contribution in [-0.4, -0.2) is 23.8 Å². The van der Waals surface area contributed by atoms with Crippen molar-refractivity contribution in [3.63, 3.8) is 0 Å². The van der Waals surface area contributed by atoms with Gasteiger partial charge in [0.2, 0.25) is 0 Å². The second-order valence-corrected chi connectivity index (χ2v) is 4.89. The highest BCUT2D eigenvalue weighted by molar-refractivity contribution is 5.76. The van der Waals surface area contributed by atoms with Crippen LogP contribution in [0.4, 0.5) is 0 Å². The predicted octanol–water partition coefficient (Wildman–Crippen LogP) is 2.47. The summed E-state index contributed by atoms with van der Waals surface area (Å²) in [5.74, 6) is 0.900. The van der Waals surface area contributed by atoms with Crippen molar-refractivity contribution in [2.75, 3.05) is 13.1 Å². The number of nitrogens with one attached hydrogen (secondary N) is 1. The van der Waals surface area contributed by atoms with Gasteiger partial charge in [-0.05, 0) is 11.5 Å². The quantitative estimate of drug-likeness (QED) is 0.561. The first-order valence-electron chi connectivity index (χ1n) is 6.17. The average Bonchev–Trinajstić information content (AvgIpc) is 2.26. The first-order valence-corrected chi connectivity index (χ1v) is 6.17. The molecule has 1 aromatic rings. The van der Waals surface area contributed by atoms with Gasteiger partial charge in [-0.25, -0.2) is 0 Å². The van der Waals surface area contributed by atoms with Gasteiger partial charge in [-0.15, -0.1) is 0 Å². The summed E-state index contributed by atoms with van der Waals surface area (Å²) in [7, 11) is 0. The molecule has 0 heterocycles. The number of hydrogen-bond donors (Lipinski definition) is 2. The summed E-state index contributed by atoms with van der Waals surface area (Å²) in [6, 6.07) is 10.4. The van der Waals surface area contributed by atoms with Crippen LogP contribution in [0, 0.1) is 11.3 Å². The molecule has 0 fully saturated rings. The Morgan fingerprint density at radius 2 is 1.94 bits per heavy atom. The van der Waals surface area contributed by atoms with Crippen LogP contribution in [0.15, 0.2) is 30.3 Å². The average molecular weight is 233 g/mol. The molecule has 3 heteroatoms. The molecule has 3 nitrogen and oxygen atoms in total. The fourth-order valence-corrected chi connectivity index (χ4v) is 1.87. The number of nitrogens with zero attached hydrogens (tertiary/aromatic N) is 1. The molecule has 0 unspecified atom stereocenters. The molecular weight excluding hydrogens is 210 g/mol. The number of rotatable bonds is 7. The first kappa shape index (κ1) is 13.7. The van der Waals surface area contributed by atoms with Crippen molar-refractivity contribution in [1.29, 1.82) is 5.41 Å². The summed E-state index contributed by atoms with van der Waals surface area (Å²) in [6.45, 7) is 7.27. The van der Waals surface area contributed by atoms with E-state index in [4.69, 9.17) is 11.1 Å². The summed E-state index contributed by atoms with van der Waals surface area (Å²) in [6.07, 6.45) is 0.652. The molecule has 1 aromatic carbocycles. The van der Waals surface area contributed by atoms with E-state index in [1.165, 1.54) is 5.56 Å². The van der Waals surface area contributed by atoms with Gasteiger partial charge in [-0.3, -0.25) is 10.3 Å². The van der Waals surface area contributed by atoms with Crippen molar-refractivity contribution in [3.8, 4) is 0 Å². The highest BCUT2D eigenvalue weighted by Crippen LogP contribution is 2.07. The van der Waals surface area contributed by atoms with Crippen LogP contribution in [0.25, 0.3) is 0 Å². The van der Waals surface area contributed by atoms with E-state index in [-0.39, 0.29) is 5.84 Å². The Labute approximate surface area is 104 Å². The van der Waals surface area contributed by atoms with Crippen molar-refractivity contribution in [2.24, 2.45) is 11.7 Å². The third-order valence-corrected chi connectivity index (χ3v) is 2.57. The van der Waals surface area contributed by atoms with E-state index in [0.29, 0.717) is 12.3 Å². The summed E-state index contributed by atoms with van der Waals surface area (Å²) >= 11 is 0. The molecule has 1 rings (SSSR count). The lowest BCUT2D eigenvalue weighted by atomic mass is 10.1. The molecule has 0 aromatic heterocycles. The molecule has 0 saturated heterocycles. The Hall–Kier alpha value is -1.35. The minimum absolute atomic E-state index is 0.270. The largest absolute Gasteiger partial charge is 0.388 e. The molecule has 0 saturated carbocycles. The van der Waals surface area contributed by atoms with Gasteiger partial charge in [0.05, 0.1) is 5.84 Å². The lowest BCUT2D eigenvalue weighted by Crippen LogP contribution is -2.30. The Bertz CT molecular complexity index is 333. The van der Waals surface area contributed by atoms with E-state index >= 15 is 0 Å². The molecule has 0 amide bonds. The van der Waals surface area contributed by atoms with E-state index in [1.54, 1.807) is 0 Å². The van der Waals surface area contributed by atoms with Gasteiger partial charge in [-0.2, -0.15) is 0 Å². The number of amidine groups is 1. The monoisotopic (exact) mass is 233 g/mol. The van der Waals surface area contributed by atoms with E-state index in [0.717, 1.165) is 19.6 Å². The van der Waals surface area contributed by atoms with E-state index in [1.807, 2.05) is 6.07 Å². The maximum absolute atomic E-state index is 7.30. The second kappa shape index (κ2) is 7.07. The molecule has 17 heavy (non-hydrogen) atoms. The van der Waals surface area contributed by atoms with Crippen molar-refractivity contribution in [3.05, 3.63) is 35.9 Å². The third-order valence-electron chi connectivity index (χ3n) is 2.57. The van der Waals surface area contributed by atoms with E-state index in [2.05, 4.69) is 43.0 Å². The Balaban J connectivity index is 2.53. The van der Waals surface area contributed by atoms with Crippen molar-refractivity contribution in [1.82, 2.24) is 4.90 Å². The summed E-state index contributed by atoms with van der Waals surface area (Å²) in [4.78, 5) is 2.36. The number of benzene rings is 1. The minimum Gasteiger partial charge on any atom is -0.388 e.